The Morgan fingerprint density at radius 3 is 0.714 bits per heavy atom. The molecule has 131 valence electrons. The molecule has 1 radical (unpaired) electrons. The Balaban J connectivity index is -0.0000000424. The fraction of sp³-hybridized carbons (Fsp3) is 0.400. The second-order valence-electron chi connectivity index (χ2n) is 2.57. The molecule has 0 bridgehead atoms. The second-order valence-corrected chi connectivity index (χ2v) is 2.57. The minimum atomic E-state index is -1.08. The molecule has 0 saturated carbocycles. The van der Waals surface area contributed by atoms with Crippen LogP contribution in [0, 0.1) is 0 Å². The van der Waals surface area contributed by atoms with Gasteiger partial charge in [-0.3, -0.25) is 19.2 Å². The first-order chi connectivity index (χ1) is 8.25. The maximum atomic E-state index is 9.64. The third-order valence-electron chi connectivity index (χ3n) is 1.11. The van der Waals surface area contributed by atoms with Gasteiger partial charge in [0, 0.05) is 17.1 Å². The van der Waals surface area contributed by atoms with Crippen molar-refractivity contribution in [3.8, 4) is 0 Å². The Morgan fingerprint density at radius 2 is 0.667 bits per heavy atom. The van der Waals surface area contributed by atoms with Crippen LogP contribution in [0.2, 0.25) is 0 Å². The van der Waals surface area contributed by atoms with Crippen molar-refractivity contribution >= 4 is 23.9 Å². The van der Waals surface area contributed by atoms with Crippen LogP contribution in [-0.4, -0.2) is 44.3 Å². The van der Waals surface area contributed by atoms with Crippen LogP contribution >= 0.6 is 0 Å². The smallest absolute Gasteiger partial charge is 0.303 e. The Hall–Kier alpha value is -1.94. The Kier molecular flexibility index (Phi) is 46.1. The molecule has 10 N–H and O–H groups in total. The Bertz CT molecular complexity index is 243. The van der Waals surface area contributed by atoms with E-state index in [0.29, 0.717) is 0 Å². The minimum Gasteiger partial charge on any atom is -0.481 e. The molecule has 0 aromatic heterocycles. The monoisotopic (exact) mass is 361 g/mol. The van der Waals surface area contributed by atoms with E-state index in [4.69, 9.17) is 20.4 Å². The summed E-state index contributed by atoms with van der Waals surface area (Å²) in [5.74, 6) is -4.31. The van der Waals surface area contributed by atoms with Crippen LogP contribution in [0.3, 0.4) is 0 Å². The number of carboxylic acids is 4. The molecule has 10 nitrogen and oxygen atoms in total. The molecule has 0 aromatic rings. The molecule has 0 aliphatic heterocycles. The van der Waals surface area contributed by atoms with E-state index >= 15 is 0 Å². The number of hydrogen-bond acceptors (Lipinski definition) is 6. The summed E-state index contributed by atoms with van der Waals surface area (Å²) >= 11 is 0. The van der Waals surface area contributed by atoms with Gasteiger partial charge in [0.1, 0.15) is 0 Å². The van der Waals surface area contributed by atoms with Gasteiger partial charge < -0.3 is 32.7 Å². The van der Waals surface area contributed by atoms with Gasteiger partial charge in [-0.15, -0.1) is 13.2 Å². The van der Waals surface area contributed by atoms with Gasteiger partial charge in [0.2, 0.25) is 0 Å². The van der Waals surface area contributed by atoms with Crippen LogP contribution in [0.5, 0.6) is 0 Å². The van der Waals surface area contributed by atoms with Crippen molar-refractivity contribution in [3.63, 3.8) is 0 Å². The summed E-state index contributed by atoms with van der Waals surface area (Å²) in [4.78, 5) is 38.6. The summed E-state index contributed by atoms with van der Waals surface area (Å²) in [6.07, 6.45) is -1.19. The molecule has 0 aliphatic carbocycles. The first-order valence-corrected chi connectivity index (χ1v) is 4.63. The van der Waals surface area contributed by atoms with Crippen molar-refractivity contribution in [2.75, 3.05) is 0 Å². The van der Waals surface area contributed by atoms with E-state index in [1.807, 2.05) is 0 Å². The molecule has 11 heteroatoms. The predicted octanol–water partition coefficient (Wildman–Crippen LogP) is 0.995. The normalized spacial score (nSPS) is 6.67. The van der Waals surface area contributed by atoms with E-state index in [0.717, 1.165) is 0 Å². The van der Waals surface area contributed by atoms with Crippen LogP contribution in [0.15, 0.2) is 13.2 Å². The molecule has 0 aliphatic rings. The zero-order chi connectivity index (χ0) is 15.1. The van der Waals surface area contributed by atoms with Crippen molar-refractivity contribution < 1.29 is 56.7 Å². The van der Waals surface area contributed by atoms with Gasteiger partial charge in [-0.2, -0.15) is 0 Å². The Labute approximate surface area is 132 Å². The molecule has 21 heavy (non-hydrogen) atoms. The zero-order valence-corrected chi connectivity index (χ0v) is 12.3. The molecule has 0 amide bonds. The van der Waals surface area contributed by atoms with Gasteiger partial charge in [0.15, 0.2) is 0 Å². The molecule has 0 atom stereocenters. The standard InChI is InChI=1S/2C4H6O4.C2H4.Cu.2H3N/c2*5-3(6)1-2-4(7)8;1-2;;;/h2*1-2H2,(H,5,6)(H,7,8);1-2H2;;2*1H3. The van der Waals surface area contributed by atoms with Gasteiger partial charge in [0.05, 0.1) is 25.7 Å². The van der Waals surface area contributed by atoms with Crippen molar-refractivity contribution in [2.24, 2.45) is 0 Å². The van der Waals surface area contributed by atoms with Crippen molar-refractivity contribution in [3.05, 3.63) is 13.2 Å². The summed E-state index contributed by atoms with van der Waals surface area (Å²) in [7, 11) is 0. The zero-order valence-electron chi connectivity index (χ0n) is 11.4. The van der Waals surface area contributed by atoms with E-state index < -0.39 is 23.9 Å². The molecule has 0 fully saturated rings. The summed E-state index contributed by atoms with van der Waals surface area (Å²) in [5.41, 5.74) is 0. The number of rotatable bonds is 6. The van der Waals surface area contributed by atoms with E-state index in [2.05, 4.69) is 13.2 Å². The van der Waals surface area contributed by atoms with Gasteiger partial charge >= 0.3 is 23.9 Å². The number of carbonyl (C=O) groups is 4. The maximum Gasteiger partial charge on any atom is 0.303 e. The van der Waals surface area contributed by atoms with Crippen molar-refractivity contribution in [1.82, 2.24) is 12.3 Å². The van der Waals surface area contributed by atoms with Crippen LogP contribution in [0.4, 0.5) is 0 Å². The Morgan fingerprint density at radius 1 is 0.571 bits per heavy atom. The van der Waals surface area contributed by atoms with Crippen LogP contribution < -0.4 is 12.3 Å². The van der Waals surface area contributed by atoms with Gasteiger partial charge in [-0.1, -0.05) is 0 Å². The average molecular weight is 362 g/mol. The third-order valence-corrected chi connectivity index (χ3v) is 1.11. The van der Waals surface area contributed by atoms with Crippen molar-refractivity contribution in [2.45, 2.75) is 25.7 Å². The summed E-state index contributed by atoms with van der Waals surface area (Å²) in [5, 5.41) is 31.6. The molecular formula is C10H22CuN2O8. The quantitative estimate of drug-likeness (QED) is 0.290. The van der Waals surface area contributed by atoms with Crippen molar-refractivity contribution in [1.29, 1.82) is 0 Å². The number of carboxylic acid groups (broad SMARTS) is 4. The first kappa shape index (κ1) is 36.4. The minimum absolute atomic E-state index is 0. The average Bonchev–Trinajstić information content (AvgIpc) is 2.27. The van der Waals surface area contributed by atoms with Crippen LogP contribution in [-0.2, 0) is 36.2 Å². The molecule has 0 saturated heterocycles. The van der Waals surface area contributed by atoms with E-state index in [-0.39, 0.29) is 55.1 Å². The fourth-order valence-electron chi connectivity index (χ4n) is 0.428. The molecule has 0 heterocycles. The predicted molar refractivity (Wildman–Crippen MR) is 70.3 cm³/mol. The summed E-state index contributed by atoms with van der Waals surface area (Å²) < 4.78 is 0. The van der Waals surface area contributed by atoms with Crippen LogP contribution in [0.25, 0.3) is 0 Å². The molecular weight excluding hydrogens is 340 g/mol. The van der Waals surface area contributed by atoms with Gasteiger partial charge in [0.25, 0.3) is 0 Å². The van der Waals surface area contributed by atoms with Crippen LogP contribution in [0.1, 0.15) is 25.7 Å². The van der Waals surface area contributed by atoms with E-state index in [9.17, 15) is 19.2 Å². The molecule has 0 rings (SSSR count). The SMILES string of the molecule is C=C.N.N.O=C(O)CCC(=O)O.O=C(O)CCC(=O)O.[Cu]. The topological polar surface area (TPSA) is 219 Å². The number of hydrogen-bond donors (Lipinski definition) is 6. The van der Waals surface area contributed by atoms with E-state index in [1.54, 1.807) is 0 Å². The first-order valence-electron chi connectivity index (χ1n) is 4.63. The van der Waals surface area contributed by atoms with Gasteiger partial charge in [-0.25, -0.2) is 0 Å². The molecule has 0 aromatic carbocycles. The fourth-order valence-corrected chi connectivity index (χ4v) is 0.428. The molecule has 0 unspecified atom stereocenters. The number of aliphatic carboxylic acids is 4. The summed E-state index contributed by atoms with van der Waals surface area (Å²) in [6, 6.07) is 0. The van der Waals surface area contributed by atoms with E-state index in [1.165, 1.54) is 0 Å². The molecule has 0 spiro atoms. The third kappa shape index (κ3) is 71.7. The summed E-state index contributed by atoms with van der Waals surface area (Å²) in [6.45, 7) is 6.00. The largest absolute Gasteiger partial charge is 0.481 e. The van der Waals surface area contributed by atoms with Gasteiger partial charge in [-0.05, 0) is 0 Å². The second kappa shape index (κ2) is 26.6. The maximum absolute atomic E-state index is 9.64.